The van der Waals surface area contributed by atoms with Crippen molar-refractivity contribution < 1.29 is 24.6 Å². The first kappa shape index (κ1) is 15.4. The molecule has 8 nitrogen and oxygen atoms in total. The van der Waals surface area contributed by atoms with Crippen LogP contribution in [0, 0.1) is 0 Å². The Morgan fingerprint density at radius 3 is 2.23 bits per heavy atom. The quantitative estimate of drug-likeness (QED) is 0.782. The standard InChI is InChI=1S/C13H8ClN3O5/c14-7-2-1-6(12(19)20)5-8(7)17-11(18)9-10(13(21)22)16-4-3-15-9/h1-5H,(H,17,18)(H,19,20)(H,21,22). The van der Waals surface area contributed by atoms with Crippen LogP contribution in [0.4, 0.5) is 5.69 Å². The van der Waals surface area contributed by atoms with Gasteiger partial charge in [0.25, 0.3) is 5.91 Å². The van der Waals surface area contributed by atoms with E-state index in [2.05, 4.69) is 15.3 Å². The summed E-state index contributed by atoms with van der Waals surface area (Å²) >= 11 is 5.87. The smallest absolute Gasteiger partial charge is 0.356 e. The van der Waals surface area contributed by atoms with Crippen LogP contribution in [0.25, 0.3) is 0 Å². The molecule has 1 heterocycles. The highest BCUT2D eigenvalue weighted by Gasteiger charge is 2.20. The van der Waals surface area contributed by atoms with Gasteiger partial charge in [0.1, 0.15) is 0 Å². The molecular formula is C13H8ClN3O5. The van der Waals surface area contributed by atoms with Gasteiger partial charge in [-0.15, -0.1) is 0 Å². The summed E-state index contributed by atoms with van der Waals surface area (Å²) in [6.45, 7) is 0. The molecule has 0 fully saturated rings. The molecule has 0 aliphatic heterocycles. The van der Waals surface area contributed by atoms with Gasteiger partial charge in [-0.25, -0.2) is 19.6 Å². The Hall–Kier alpha value is -3.00. The number of carboxylic acid groups (broad SMARTS) is 2. The normalized spacial score (nSPS) is 10.0. The van der Waals surface area contributed by atoms with Crippen LogP contribution in [0.5, 0.6) is 0 Å². The number of carbonyl (C=O) groups is 3. The van der Waals surface area contributed by atoms with E-state index in [1.165, 1.54) is 12.1 Å². The molecule has 0 atom stereocenters. The lowest BCUT2D eigenvalue weighted by molar-refractivity contribution is 0.0680. The van der Waals surface area contributed by atoms with Gasteiger partial charge in [-0.1, -0.05) is 11.6 Å². The van der Waals surface area contributed by atoms with Gasteiger partial charge >= 0.3 is 11.9 Å². The number of aromatic carboxylic acids is 2. The fraction of sp³-hybridized carbons (Fsp3) is 0. The summed E-state index contributed by atoms with van der Waals surface area (Å²) in [5.74, 6) is -3.48. The molecule has 0 radical (unpaired) electrons. The molecular weight excluding hydrogens is 314 g/mol. The number of amides is 1. The van der Waals surface area contributed by atoms with Gasteiger partial charge in [0.15, 0.2) is 11.4 Å². The fourth-order valence-corrected chi connectivity index (χ4v) is 1.76. The van der Waals surface area contributed by atoms with Crippen molar-refractivity contribution in [2.75, 3.05) is 5.32 Å². The first-order chi connectivity index (χ1) is 10.4. The summed E-state index contributed by atoms with van der Waals surface area (Å²) < 4.78 is 0. The minimum absolute atomic E-state index is 0.0218. The van der Waals surface area contributed by atoms with E-state index in [1.807, 2.05) is 0 Å². The molecule has 0 saturated carbocycles. The topological polar surface area (TPSA) is 129 Å². The second-order valence-electron chi connectivity index (χ2n) is 4.01. The second-order valence-corrected chi connectivity index (χ2v) is 4.42. The van der Waals surface area contributed by atoms with E-state index >= 15 is 0 Å². The zero-order valence-electron chi connectivity index (χ0n) is 10.8. The van der Waals surface area contributed by atoms with Gasteiger partial charge in [-0.3, -0.25) is 4.79 Å². The average Bonchev–Trinajstić information content (AvgIpc) is 2.49. The monoisotopic (exact) mass is 321 g/mol. The molecule has 0 bridgehead atoms. The molecule has 0 spiro atoms. The highest BCUT2D eigenvalue weighted by molar-refractivity contribution is 6.34. The van der Waals surface area contributed by atoms with Crippen molar-refractivity contribution in [1.82, 2.24) is 9.97 Å². The zero-order valence-corrected chi connectivity index (χ0v) is 11.5. The van der Waals surface area contributed by atoms with Crippen molar-refractivity contribution in [3.05, 3.63) is 52.6 Å². The summed E-state index contributed by atoms with van der Waals surface area (Å²) in [6.07, 6.45) is 2.30. The van der Waals surface area contributed by atoms with Crippen LogP contribution in [0.3, 0.4) is 0 Å². The highest BCUT2D eigenvalue weighted by atomic mass is 35.5. The van der Waals surface area contributed by atoms with Gasteiger partial charge in [0.2, 0.25) is 0 Å². The van der Waals surface area contributed by atoms with Crippen LogP contribution in [0.2, 0.25) is 5.02 Å². The third kappa shape index (κ3) is 3.18. The van der Waals surface area contributed by atoms with E-state index in [4.69, 9.17) is 21.8 Å². The summed E-state index contributed by atoms with van der Waals surface area (Å²) in [5, 5.41) is 20.3. The molecule has 1 aromatic carbocycles. The second kappa shape index (κ2) is 6.19. The Kier molecular flexibility index (Phi) is 4.33. The highest BCUT2D eigenvalue weighted by Crippen LogP contribution is 2.23. The van der Waals surface area contributed by atoms with Crippen LogP contribution >= 0.6 is 11.6 Å². The Morgan fingerprint density at radius 2 is 1.64 bits per heavy atom. The van der Waals surface area contributed by atoms with Gasteiger partial charge in [0, 0.05) is 12.4 Å². The van der Waals surface area contributed by atoms with E-state index in [0.29, 0.717) is 0 Å². The van der Waals surface area contributed by atoms with Crippen LogP contribution in [-0.4, -0.2) is 38.0 Å². The lowest BCUT2D eigenvalue weighted by atomic mass is 10.2. The lowest BCUT2D eigenvalue weighted by Crippen LogP contribution is -2.19. The molecule has 0 unspecified atom stereocenters. The number of hydrogen-bond donors (Lipinski definition) is 3. The van der Waals surface area contributed by atoms with Crippen molar-refractivity contribution in [2.24, 2.45) is 0 Å². The number of carbonyl (C=O) groups excluding carboxylic acids is 1. The maximum Gasteiger partial charge on any atom is 0.356 e. The Labute approximate surface area is 128 Å². The molecule has 1 aromatic heterocycles. The maximum atomic E-state index is 12.1. The van der Waals surface area contributed by atoms with Crippen molar-refractivity contribution in [2.45, 2.75) is 0 Å². The Morgan fingerprint density at radius 1 is 1.00 bits per heavy atom. The van der Waals surface area contributed by atoms with E-state index in [9.17, 15) is 14.4 Å². The predicted molar refractivity (Wildman–Crippen MR) is 75.4 cm³/mol. The van der Waals surface area contributed by atoms with Crippen LogP contribution in [0.15, 0.2) is 30.6 Å². The van der Waals surface area contributed by atoms with Crippen LogP contribution < -0.4 is 5.32 Å². The summed E-state index contributed by atoms with van der Waals surface area (Å²) in [6, 6.07) is 3.72. The van der Waals surface area contributed by atoms with Crippen molar-refractivity contribution in [3.8, 4) is 0 Å². The number of nitrogens with zero attached hydrogens (tertiary/aromatic N) is 2. The van der Waals surface area contributed by atoms with Crippen LogP contribution in [-0.2, 0) is 0 Å². The van der Waals surface area contributed by atoms with Crippen molar-refractivity contribution in [3.63, 3.8) is 0 Å². The molecule has 1 amide bonds. The molecule has 3 N–H and O–H groups in total. The van der Waals surface area contributed by atoms with Gasteiger partial charge in [-0.2, -0.15) is 0 Å². The third-order valence-electron chi connectivity index (χ3n) is 2.58. The van der Waals surface area contributed by atoms with Crippen molar-refractivity contribution >= 4 is 35.1 Å². The van der Waals surface area contributed by atoms with Gasteiger partial charge < -0.3 is 15.5 Å². The molecule has 112 valence electrons. The molecule has 9 heteroatoms. The Bertz CT molecular complexity index is 778. The number of aromatic nitrogens is 2. The molecule has 0 saturated heterocycles. The summed E-state index contributed by atoms with van der Waals surface area (Å²) in [5.41, 5.74) is -0.997. The largest absolute Gasteiger partial charge is 0.478 e. The van der Waals surface area contributed by atoms with E-state index in [1.54, 1.807) is 0 Å². The van der Waals surface area contributed by atoms with E-state index < -0.39 is 29.2 Å². The molecule has 2 rings (SSSR count). The predicted octanol–water partition coefficient (Wildman–Crippen LogP) is 1.78. The van der Waals surface area contributed by atoms with Crippen molar-refractivity contribution in [1.29, 1.82) is 0 Å². The number of hydrogen-bond acceptors (Lipinski definition) is 5. The Balaban J connectivity index is 2.36. The molecule has 22 heavy (non-hydrogen) atoms. The number of benzene rings is 1. The number of anilines is 1. The van der Waals surface area contributed by atoms with E-state index in [0.717, 1.165) is 18.5 Å². The first-order valence-electron chi connectivity index (χ1n) is 5.78. The number of nitrogens with one attached hydrogen (secondary N) is 1. The molecule has 2 aromatic rings. The number of halogens is 1. The fourth-order valence-electron chi connectivity index (χ4n) is 1.60. The maximum absolute atomic E-state index is 12.1. The minimum atomic E-state index is -1.41. The third-order valence-corrected chi connectivity index (χ3v) is 2.91. The first-order valence-corrected chi connectivity index (χ1v) is 6.16. The summed E-state index contributed by atoms with van der Waals surface area (Å²) in [4.78, 5) is 41.2. The number of carboxylic acids is 2. The van der Waals surface area contributed by atoms with Gasteiger partial charge in [0.05, 0.1) is 16.3 Å². The molecule has 0 aliphatic rings. The van der Waals surface area contributed by atoms with E-state index in [-0.39, 0.29) is 16.3 Å². The zero-order chi connectivity index (χ0) is 16.3. The molecule has 0 aliphatic carbocycles. The van der Waals surface area contributed by atoms with Crippen LogP contribution in [0.1, 0.15) is 31.3 Å². The average molecular weight is 322 g/mol. The van der Waals surface area contributed by atoms with Gasteiger partial charge in [-0.05, 0) is 18.2 Å². The lowest BCUT2D eigenvalue weighted by Gasteiger charge is -2.08. The SMILES string of the molecule is O=C(O)c1ccc(Cl)c(NC(=O)c2nccnc2C(=O)O)c1. The summed E-state index contributed by atoms with van der Waals surface area (Å²) in [7, 11) is 0. The minimum Gasteiger partial charge on any atom is -0.478 e. The number of rotatable bonds is 4.